The Kier molecular flexibility index (Phi) is 7.34. The van der Waals surface area contributed by atoms with Crippen LogP contribution in [0.5, 0.6) is 0 Å². The van der Waals surface area contributed by atoms with Crippen molar-refractivity contribution in [2.24, 2.45) is 0 Å². The number of rotatable bonds is 8. The summed E-state index contributed by atoms with van der Waals surface area (Å²) < 4.78 is 55.0. The Morgan fingerprint density at radius 3 is 2.67 bits per heavy atom. The van der Waals surface area contributed by atoms with Crippen molar-refractivity contribution in [3.05, 3.63) is 29.0 Å². The molecule has 2 aromatic rings. The van der Waals surface area contributed by atoms with Crippen molar-refractivity contribution in [1.29, 1.82) is 0 Å². The average molecular weight is 467 g/mol. The Morgan fingerprint density at radius 2 is 1.94 bits per heavy atom. The van der Waals surface area contributed by atoms with Crippen LogP contribution in [-0.4, -0.2) is 36.2 Å². The second kappa shape index (κ2) is 10.1. The molecule has 1 fully saturated rings. The van der Waals surface area contributed by atoms with E-state index in [1.165, 1.54) is 0 Å². The molecule has 0 saturated carbocycles. The van der Waals surface area contributed by atoms with E-state index in [2.05, 4.69) is 9.88 Å². The monoisotopic (exact) mass is 466 g/mol. The van der Waals surface area contributed by atoms with E-state index in [-0.39, 0.29) is 17.5 Å². The number of amides is 1. The van der Waals surface area contributed by atoms with E-state index in [9.17, 15) is 18.0 Å². The molecular weight excluding hydrogens is 433 g/mol. The minimum absolute atomic E-state index is 0.0492. The molecule has 0 spiro atoms. The van der Waals surface area contributed by atoms with Crippen LogP contribution in [0.1, 0.15) is 74.1 Å². The fourth-order valence-corrected chi connectivity index (χ4v) is 5.10. The molecule has 182 valence electrons. The first kappa shape index (κ1) is 24.1. The second-order valence-corrected chi connectivity index (χ2v) is 9.21. The van der Waals surface area contributed by atoms with E-state index in [1.807, 2.05) is 19.9 Å². The normalized spacial score (nSPS) is 21.3. The molecule has 2 unspecified atom stereocenters. The van der Waals surface area contributed by atoms with Gasteiger partial charge in [-0.2, -0.15) is 13.2 Å². The third-order valence-corrected chi connectivity index (χ3v) is 6.96. The van der Waals surface area contributed by atoms with Crippen LogP contribution in [-0.2, 0) is 20.8 Å². The van der Waals surface area contributed by atoms with Crippen LogP contribution < -0.4 is 5.32 Å². The predicted molar refractivity (Wildman–Crippen MR) is 121 cm³/mol. The lowest BCUT2D eigenvalue weighted by molar-refractivity contribution is -0.162. The maximum Gasteiger partial charge on any atom is 0.396 e. The summed E-state index contributed by atoms with van der Waals surface area (Å²) in [5.41, 5.74) is 3.14. The second-order valence-electron chi connectivity index (χ2n) is 9.21. The number of ether oxygens (including phenoxy) is 2. The van der Waals surface area contributed by atoms with Crippen molar-refractivity contribution in [2.45, 2.75) is 90.1 Å². The predicted octanol–water partition coefficient (Wildman–Crippen LogP) is 6.35. The average Bonchev–Trinajstić information content (AvgIpc) is 3.02. The van der Waals surface area contributed by atoms with Crippen molar-refractivity contribution in [3.8, 4) is 0 Å². The van der Waals surface area contributed by atoms with Crippen LogP contribution in [0.15, 0.2) is 12.1 Å². The molecule has 33 heavy (non-hydrogen) atoms. The van der Waals surface area contributed by atoms with Gasteiger partial charge in [0.15, 0.2) is 6.29 Å². The van der Waals surface area contributed by atoms with Gasteiger partial charge >= 0.3 is 6.18 Å². The highest BCUT2D eigenvalue weighted by molar-refractivity contribution is 6.02. The van der Waals surface area contributed by atoms with E-state index in [0.29, 0.717) is 12.0 Å². The van der Waals surface area contributed by atoms with Crippen LogP contribution in [0.2, 0.25) is 0 Å². The molecule has 5 nitrogen and oxygen atoms in total. The number of anilines is 1. The van der Waals surface area contributed by atoms with Gasteiger partial charge in [0.05, 0.1) is 5.92 Å². The van der Waals surface area contributed by atoms with Crippen LogP contribution >= 0.6 is 0 Å². The van der Waals surface area contributed by atoms with Gasteiger partial charge in [0, 0.05) is 48.5 Å². The molecule has 2 aliphatic heterocycles. The number of carbonyl (C=O) groups excluding carboxylic acids is 1. The lowest BCUT2D eigenvalue weighted by atomic mass is 9.86. The molecule has 4 rings (SSSR count). The summed E-state index contributed by atoms with van der Waals surface area (Å²) in [7, 11) is 0. The Balaban J connectivity index is 1.42. The van der Waals surface area contributed by atoms with Crippen molar-refractivity contribution < 1.29 is 27.4 Å². The van der Waals surface area contributed by atoms with Crippen molar-refractivity contribution in [3.63, 3.8) is 0 Å². The third-order valence-electron chi connectivity index (χ3n) is 6.96. The van der Waals surface area contributed by atoms with Crippen LogP contribution in [0, 0.1) is 13.8 Å². The summed E-state index contributed by atoms with van der Waals surface area (Å²) in [6.07, 6.45) is 2.16. The highest BCUT2D eigenvalue weighted by Gasteiger charge is 2.46. The first-order valence-electron chi connectivity index (χ1n) is 12.0. The largest absolute Gasteiger partial charge is 0.396 e. The van der Waals surface area contributed by atoms with Gasteiger partial charge in [-0.1, -0.05) is 12.8 Å². The lowest BCUT2D eigenvalue weighted by Gasteiger charge is -2.28. The van der Waals surface area contributed by atoms with Crippen molar-refractivity contribution >= 4 is 22.5 Å². The summed E-state index contributed by atoms with van der Waals surface area (Å²) in [6, 6.07) is 3.46. The third kappa shape index (κ3) is 5.22. The molecular formula is C25H33F3N2O3. The van der Waals surface area contributed by atoms with Crippen LogP contribution in [0.4, 0.5) is 18.9 Å². The minimum atomic E-state index is -4.46. The molecule has 1 N–H and O–H groups in total. The number of unbranched alkanes of at least 4 members (excludes halogenated alkanes) is 3. The number of halogens is 3. The fraction of sp³-hybridized carbons (Fsp3) is 0.640. The SMILES string of the molecule is Cc1c(C)n(CCCCCCOC2CCCCO2)c2ccc3c(c12)C(C(F)(F)F)CC(=O)N3. The maximum absolute atomic E-state index is 13.8. The summed E-state index contributed by atoms with van der Waals surface area (Å²) in [5.74, 6) is -2.36. The number of benzene rings is 1. The van der Waals surface area contributed by atoms with Gasteiger partial charge in [0.2, 0.25) is 5.91 Å². The molecule has 1 amide bonds. The van der Waals surface area contributed by atoms with Crippen molar-refractivity contribution in [2.75, 3.05) is 18.5 Å². The zero-order chi connectivity index (χ0) is 23.6. The Bertz CT molecular complexity index is 993. The molecule has 0 bridgehead atoms. The molecule has 0 radical (unpaired) electrons. The van der Waals surface area contributed by atoms with Gasteiger partial charge in [0.1, 0.15) is 0 Å². The van der Waals surface area contributed by atoms with Crippen LogP contribution in [0.3, 0.4) is 0 Å². The first-order valence-corrected chi connectivity index (χ1v) is 12.0. The standard InChI is InChI=1S/C25H33F3N2O3/c1-16-17(2)30(12-6-3-4-7-13-32-22-9-5-8-14-33-22)20-11-10-19-24(23(16)20)18(25(26,27)28)15-21(31)29-19/h10-11,18,22H,3-9,12-15H2,1-2H3,(H,29,31). The minimum Gasteiger partial charge on any atom is -0.353 e. The van der Waals surface area contributed by atoms with E-state index in [0.717, 1.165) is 74.9 Å². The number of nitrogens with zero attached hydrogens (tertiary/aromatic N) is 1. The summed E-state index contributed by atoms with van der Waals surface area (Å²) >= 11 is 0. The van der Waals surface area contributed by atoms with Gasteiger partial charge in [-0.25, -0.2) is 0 Å². The Morgan fingerprint density at radius 1 is 1.15 bits per heavy atom. The molecule has 1 aromatic heterocycles. The zero-order valence-electron chi connectivity index (χ0n) is 19.4. The zero-order valence-corrected chi connectivity index (χ0v) is 19.4. The molecule has 2 atom stereocenters. The highest BCUT2D eigenvalue weighted by Crippen LogP contribution is 2.47. The van der Waals surface area contributed by atoms with E-state index in [4.69, 9.17) is 9.47 Å². The number of aryl methyl sites for hydroxylation is 2. The van der Waals surface area contributed by atoms with Gasteiger partial charge in [-0.15, -0.1) is 0 Å². The number of hydrogen-bond donors (Lipinski definition) is 1. The van der Waals surface area contributed by atoms with Gasteiger partial charge in [-0.3, -0.25) is 4.79 Å². The number of aromatic nitrogens is 1. The Hall–Kier alpha value is -2.06. The molecule has 0 aliphatic carbocycles. The number of carbonyl (C=O) groups is 1. The maximum atomic E-state index is 13.8. The molecule has 1 saturated heterocycles. The summed E-state index contributed by atoms with van der Waals surface area (Å²) in [6.45, 7) is 6.08. The number of hydrogen-bond acceptors (Lipinski definition) is 3. The van der Waals surface area contributed by atoms with Gasteiger partial charge in [0.25, 0.3) is 0 Å². The van der Waals surface area contributed by atoms with Gasteiger partial charge < -0.3 is 19.4 Å². The van der Waals surface area contributed by atoms with Gasteiger partial charge in [-0.05, 0) is 69.2 Å². The summed E-state index contributed by atoms with van der Waals surface area (Å²) in [4.78, 5) is 11.9. The number of nitrogens with one attached hydrogen (secondary N) is 1. The fourth-order valence-electron chi connectivity index (χ4n) is 5.10. The quantitative estimate of drug-likeness (QED) is 0.461. The molecule has 1 aromatic carbocycles. The topological polar surface area (TPSA) is 52.5 Å². The molecule has 2 aliphatic rings. The smallest absolute Gasteiger partial charge is 0.353 e. The van der Waals surface area contributed by atoms with E-state index < -0.39 is 24.4 Å². The molecule has 8 heteroatoms. The van der Waals surface area contributed by atoms with E-state index >= 15 is 0 Å². The first-order chi connectivity index (χ1) is 15.8. The summed E-state index contributed by atoms with van der Waals surface area (Å²) in [5, 5.41) is 3.27. The van der Waals surface area contributed by atoms with Crippen molar-refractivity contribution in [1.82, 2.24) is 4.57 Å². The number of alkyl halides is 3. The highest BCUT2D eigenvalue weighted by atomic mass is 19.4. The van der Waals surface area contributed by atoms with E-state index in [1.54, 1.807) is 6.07 Å². The Labute approximate surface area is 192 Å². The number of fused-ring (bicyclic) bond motifs is 3. The molecule has 3 heterocycles. The van der Waals surface area contributed by atoms with Crippen LogP contribution in [0.25, 0.3) is 10.9 Å². The lowest BCUT2D eigenvalue weighted by Crippen LogP contribution is -2.31.